The van der Waals surface area contributed by atoms with E-state index in [1.165, 1.54) is 0 Å². The maximum absolute atomic E-state index is 9.10. The van der Waals surface area contributed by atoms with Crippen molar-refractivity contribution in [1.29, 1.82) is 0 Å². The van der Waals surface area contributed by atoms with Gasteiger partial charge in [0, 0.05) is 11.6 Å². The second-order valence-electron chi connectivity index (χ2n) is 3.09. The topological polar surface area (TPSA) is 33.1 Å². The van der Waals surface area contributed by atoms with Gasteiger partial charge in [-0.3, -0.25) is 4.98 Å². The highest BCUT2D eigenvalue weighted by Crippen LogP contribution is 2.20. The highest BCUT2D eigenvalue weighted by atomic mass is 16.3. The van der Waals surface area contributed by atoms with Gasteiger partial charge in [-0.15, -0.1) is 0 Å². The van der Waals surface area contributed by atoms with Crippen molar-refractivity contribution >= 4 is 10.8 Å². The normalized spacial score (nSPS) is 10.6. The molecule has 2 heteroatoms. The van der Waals surface area contributed by atoms with E-state index in [1.807, 2.05) is 31.2 Å². The third-order valence-electron chi connectivity index (χ3n) is 2.23. The van der Waals surface area contributed by atoms with Crippen molar-refractivity contribution in [2.24, 2.45) is 0 Å². The molecule has 0 bridgehead atoms. The van der Waals surface area contributed by atoms with E-state index in [4.69, 9.17) is 5.11 Å². The van der Waals surface area contributed by atoms with E-state index in [2.05, 4.69) is 4.98 Å². The van der Waals surface area contributed by atoms with Crippen LogP contribution in [0.2, 0.25) is 0 Å². The van der Waals surface area contributed by atoms with E-state index in [1.54, 1.807) is 6.20 Å². The number of nitrogens with zero attached hydrogens (tertiary/aromatic N) is 1. The lowest BCUT2D eigenvalue weighted by Crippen LogP contribution is -1.92. The Labute approximate surface area is 76.9 Å². The Morgan fingerprint density at radius 1 is 1.31 bits per heavy atom. The van der Waals surface area contributed by atoms with Gasteiger partial charge in [-0.2, -0.15) is 0 Å². The highest BCUT2D eigenvalue weighted by molar-refractivity contribution is 5.87. The van der Waals surface area contributed by atoms with Gasteiger partial charge in [-0.1, -0.05) is 18.2 Å². The molecule has 0 radical (unpaired) electrons. The number of aliphatic hydroxyl groups excluding tert-OH is 1. The molecule has 66 valence electrons. The third kappa shape index (κ3) is 1.29. The van der Waals surface area contributed by atoms with Gasteiger partial charge < -0.3 is 5.11 Å². The summed E-state index contributed by atoms with van der Waals surface area (Å²) in [5.41, 5.74) is 1.92. The molecule has 0 aliphatic heterocycles. The first-order valence-corrected chi connectivity index (χ1v) is 4.27. The molecule has 1 aromatic carbocycles. The van der Waals surface area contributed by atoms with Crippen LogP contribution in [0.25, 0.3) is 10.8 Å². The van der Waals surface area contributed by atoms with Crippen LogP contribution in [0.3, 0.4) is 0 Å². The molecule has 0 unspecified atom stereocenters. The second kappa shape index (κ2) is 3.15. The smallest absolute Gasteiger partial charge is 0.0859 e. The number of rotatable bonds is 1. The Hall–Kier alpha value is -1.41. The number of hydrogen-bond donors (Lipinski definition) is 1. The van der Waals surface area contributed by atoms with Gasteiger partial charge in [0.15, 0.2) is 0 Å². The molecule has 2 rings (SSSR count). The molecule has 1 aromatic heterocycles. The van der Waals surface area contributed by atoms with Crippen molar-refractivity contribution in [3.63, 3.8) is 0 Å². The Kier molecular flexibility index (Phi) is 1.99. The average Bonchev–Trinajstić information content (AvgIpc) is 2.17. The predicted molar refractivity (Wildman–Crippen MR) is 52.4 cm³/mol. The monoisotopic (exact) mass is 173 g/mol. The maximum atomic E-state index is 9.10. The van der Waals surface area contributed by atoms with Gasteiger partial charge in [-0.25, -0.2) is 0 Å². The number of aryl methyl sites for hydroxylation is 1. The van der Waals surface area contributed by atoms with Crippen LogP contribution in [0, 0.1) is 6.92 Å². The molecule has 2 aromatic rings. The first-order chi connectivity index (χ1) is 6.33. The molecule has 0 fully saturated rings. The molecule has 0 aliphatic carbocycles. The Balaban J connectivity index is 2.87. The lowest BCUT2D eigenvalue weighted by molar-refractivity contribution is 0.278. The minimum atomic E-state index is 0.00218. The number of aliphatic hydroxyl groups is 1. The number of aromatic nitrogens is 1. The second-order valence-corrected chi connectivity index (χ2v) is 3.09. The average molecular weight is 173 g/mol. The fourth-order valence-corrected chi connectivity index (χ4v) is 1.62. The molecule has 1 heterocycles. The standard InChI is InChI=1S/C11H11NO/c1-8-3-2-4-9-5-6-12-10(7-13)11(8)9/h2-6,13H,7H2,1H3. The van der Waals surface area contributed by atoms with Gasteiger partial charge >= 0.3 is 0 Å². The molecular weight excluding hydrogens is 162 g/mol. The predicted octanol–water partition coefficient (Wildman–Crippen LogP) is 2.04. The SMILES string of the molecule is Cc1cccc2ccnc(CO)c12. The number of hydrogen-bond acceptors (Lipinski definition) is 2. The van der Waals surface area contributed by atoms with Crippen molar-refractivity contribution in [3.05, 3.63) is 41.7 Å². The Morgan fingerprint density at radius 2 is 2.15 bits per heavy atom. The van der Waals surface area contributed by atoms with Crippen molar-refractivity contribution in [2.75, 3.05) is 0 Å². The van der Waals surface area contributed by atoms with Crippen molar-refractivity contribution in [3.8, 4) is 0 Å². The summed E-state index contributed by atoms with van der Waals surface area (Å²) in [7, 11) is 0. The van der Waals surface area contributed by atoms with Crippen LogP contribution >= 0.6 is 0 Å². The molecule has 1 N–H and O–H groups in total. The van der Waals surface area contributed by atoms with Gasteiger partial charge in [0.05, 0.1) is 12.3 Å². The molecule has 0 atom stereocenters. The molecule has 2 nitrogen and oxygen atoms in total. The van der Waals surface area contributed by atoms with Crippen LogP contribution in [0.1, 0.15) is 11.3 Å². The molecule has 0 amide bonds. The summed E-state index contributed by atoms with van der Waals surface area (Å²) in [6.45, 7) is 2.03. The zero-order valence-electron chi connectivity index (χ0n) is 7.49. The van der Waals surface area contributed by atoms with E-state index in [0.29, 0.717) is 0 Å². The lowest BCUT2D eigenvalue weighted by atomic mass is 10.1. The first-order valence-electron chi connectivity index (χ1n) is 4.27. The van der Waals surface area contributed by atoms with E-state index in [9.17, 15) is 0 Å². The van der Waals surface area contributed by atoms with Crippen LogP contribution in [-0.4, -0.2) is 10.1 Å². The minimum absolute atomic E-state index is 0.00218. The maximum Gasteiger partial charge on any atom is 0.0859 e. The van der Waals surface area contributed by atoms with E-state index in [-0.39, 0.29) is 6.61 Å². The zero-order valence-corrected chi connectivity index (χ0v) is 7.49. The summed E-state index contributed by atoms with van der Waals surface area (Å²) in [5, 5.41) is 11.3. The van der Waals surface area contributed by atoms with E-state index >= 15 is 0 Å². The van der Waals surface area contributed by atoms with Crippen molar-refractivity contribution in [1.82, 2.24) is 4.98 Å². The summed E-state index contributed by atoms with van der Waals surface area (Å²) in [5.74, 6) is 0. The molecule has 0 aliphatic rings. The third-order valence-corrected chi connectivity index (χ3v) is 2.23. The molecular formula is C11H11NO. The fourth-order valence-electron chi connectivity index (χ4n) is 1.62. The molecule has 13 heavy (non-hydrogen) atoms. The summed E-state index contributed by atoms with van der Waals surface area (Å²) in [6, 6.07) is 8.03. The number of benzene rings is 1. The van der Waals surface area contributed by atoms with Gasteiger partial charge in [0.25, 0.3) is 0 Å². The largest absolute Gasteiger partial charge is 0.390 e. The van der Waals surface area contributed by atoms with Crippen LogP contribution in [-0.2, 0) is 6.61 Å². The summed E-state index contributed by atoms with van der Waals surface area (Å²) in [4.78, 5) is 4.14. The molecule has 0 saturated carbocycles. The van der Waals surface area contributed by atoms with Crippen LogP contribution < -0.4 is 0 Å². The highest BCUT2D eigenvalue weighted by Gasteiger charge is 2.02. The zero-order chi connectivity index (χ0) is 9.26. The molecule has 0 spiro atoms. The molecule has 0 saturated heterocycles. The van der Waals surface area contributed by atoms with E-state index in [0.717, 1.165) is 22.0 Å². The minimum Gasteiger partial charge on any atom is -0.390 e. The fraction of sp³-hybridized carbons (Fsp3) is 0.182. The summed E-state index contributed by atoms with van der Waals surface area (Å²) >= 11 is 0. The summed E-state index contributed by atoms with van der Waals surface area (Å²) < 4.78 is 0. The van der Waals surface area contributed by atoms with Gasteiger partial charge in [-0.05, 0) is 23.9 Å². The summed E-state index contributed by atoms with van der Waals surface area (Å²) in [6.07, 6.45) is 1.73. The quantitative estimate of drug-likeness (QED) is 0.715. The van der Waals surface area contributed by atoms with Gasteiger partial charge in [0.2, 0.25) is 0 Å². The van der Waals surface area contributed by atoms with Crippen molar-refractivity contribution in [2.45, 2.75) is 13.5 Å². The van der Waals surface area contributed by atoms with Gasteiger partial charge in [0.1, 0.15) is 0 Å². The van der Waals surface area contributed by atoms with Crippen LogP contribution in [0.4, 0.5) is 0 Å². The van der Waals surface area contributed by atoms with Crippen LogP contribution in [0.5, 0.6) is 0 Å². The van der Waals surface area contributed by atoms with E-state index < -0.39 is 0 Å². The Bertz CT molecular complexity index is 432. The number of pyridine rings is 1. The first kappa shape index (κ1) is 8.20. The Morgan fingerprint density at radius 3 is 2.92 bits per heavy atom. The lowest BCUT2D eigenvalue weighted by Gasteiger charge is -2.05. The number of fused-ring (bicyclic) bond motifs is 1. The van der Waals surface area contributed by atoms with Crippen LogP contribution in [0.15, 0.2) is 30.5 Å². The van der Waals surface area contributed by atoms with Crippen molar-refractivity contribution < 1.29 is 5.11 Å².